The lowest BCUT2D eigenvalue weighted by Gasteiger charge is -2.09. The molecule has 21 heavy (non-hydrogen) atoms. The molecule has 104 valence electrons. The van der Waals surface area contributed by atoms with E-state index in [0.717, 1.165) is 4.68 Å². The zero-order valence-electron chi connectivity index (χ0n) is 10.9. The summed E-state index contributed by atoms with van der Waals surface area (Å²) in [6.45, 7) is 0.194. The Hall–Kier alpha value is -3.02. The fraction of sp³-hybridized carbons (Fsp3) is 0.0667. The summed E-state index contributed by atoms with van der Waals surface area (Å²) in [7, 11) is 0. The van der Waals surface area contributed by atoms with Crippen LogP contribution in [0.1, 0.15) is 0 Å². The van der Waals surface area contributed by atoms with Crippen molar-refractivity contribution in [3.63, 3.8) is 0 Å². The molecule has 0 spiro atoms. The minimum absolute atomic E-state index is 0.194. The van der Waals surface area contributed by atoms with Gasteiger partial charge in [0.2, 0.25) is 6.79 Å². The summed E-state index contributed by atoms with van der Waals surface area (Å²) >= 11 is 0. The van der Waals surface area contributed by atoms with E-state index in [9.17, 15) is 4.79 Å². The third kappa shape index (κ3) is 1.73. The van der Waals surface area contributed by atoms with Crippen molar-refractivity contribution in [1.29, 1.82) is 0 Å². The molecule has 2 N–H and O–H groups in total. The maximum atomic E-state index is 12.3. The molecule has 0 saturated carbocycles. The van der Waals surface area contributed by atoms with E-state index < -0.39 is 0 Å². The van der Waals surface area contributed by atoms with Crippen LogP contribution in [0.2, 0.25) is 0 Å². The van der Waals surface area contributed by atoms with Crippen LogP contribution in [0.3, 0.4) is 0 Å². The number of fused-ring (bicyclic) bond motifs is 2. The van der Waals surface area contributed by atoms with E-state index in [1.165, 1.54) is 0 Å². The summed E-state index contributed by atoms with van der Waals surface area (Å²) in [5.74, 6) is 7.57. The zero-order chi connectivity index (χ0) is 14.4. The first-order valence-electron chi connectivity index (χ1n) is 6.41. The molecule has 0 atom stereocenters. The number of nitrogen functional groups attached to an aromatic ring is 1. The molecule has 4 rings (SSSR count). The molecule has 0 aliphatic carbocycles. The fourth-order valence-corrected chi connectivity index (χ4v) is 2.39. The minimum Gasteiger partial charge on any atom is -0.454 e. The molecule has 0 saturated heterocycles. The van der Waals surface area contributed by atoms with E-state index in [1.807, 2.05) is 6.07 Å². The average molecular weight is 281 g/mol. The van der Waals surface area contributed by atoms with Gasteiger partial charge in [-0.15, -0.1) is 0 Å². The van der Waals surface area contributed by atoms with Crippen LogP contribution < -0.4 is 20.9 Å². The largest absolute Gasteiger partial charge is 0.454 e. The van der Waals surface area contributed by atoms with Crippen molar-refractivity contribution in [3.05, 3.63) is 52.8 Å². The van der Waals surface area contributed by atoms with Gasteiger partial charge in [0.25, 0.3) is 5.56 Å². The highest BCUT2D eigenvalue weighted by Gasteiger charge is 2.17. The monoisotopic (exact) mass is 281 g/mol. The van der Waals surface area contributed by atoms with Gasteiger partial charge in [0.05, 0.1) is 10.9 Å². The molecule has 0 radical (unpaired) electrons. The van der Waals surface area contributed by atoms with Crippen molar-refractivity contribution < 1.29 is 9.47 Å². The van der Waals surface area contributed by atoms with E-state index in [2.05, 4.69) is 4.98 Å². The number of hydrogen-bond acceptors (Lipinski definition) is 5. The Morgan fingerprint density at radius 1 is 1.10 bits per heavy atom. The molecule has 0 amide bonds. The van der Waals surface area contributed by atoms with Crippen molar-refractivity contribution in [2.24, 2.45) is 0 Å². The molecule has 2 aromatic carbocycles. The van der Waals surface area contributed by atoms with E-state index in [4.69, 9.17) is 15.3 Å². The molecule has 1 aliphatic rings. The van der Waals surface area contributed by atoms with Gasteiger partial charge in [0.1, 0.15) is 0 Å². The molecule has 2 heterocycles. The van der Waals surface area contributed by atoms with Gasteiger partial charge in [-0.25, -0.2) is 9.66 Å². The maximum absolute atomic E-state index is 12.3. The van der Waals surface area contributed by atoms with E-state index in [1.54, 1.807) is 36.4 Å². The first-order chi connectivity index (χ1) is 10.2. The first kappa shape index (κ1) is 11.8. The van der Waals surface area contributed by atoms with Gasteiger partial charge in [-0.3, -0.25) is 4.79 Å². The molecule has 3 aromatic rings. The first-order valence-corrected chi connectivity index (χ1v) is 6.41. The molecular formula is C15H11N3O3. The van der Waals surface area contributed by atoms with Gasteiger partial charge < -0.3 is 15.3 Å². The lowest BCUT2D eigenvalue weighted by atomic mass is 10.1. The number of hydrogen-bond donors (Lipinski definition) is 1. The number of rotatable bonds is 1. The van der Waals surface area contributed by atoms with Gasteiger partial charge in [-0.05, 0) is 30.3 Å². The second kappa shape index (κ2) is 4.24. The van der Waals surface area contributed by atoms with Gasteiger partial charge >= 0.3 is 0 Å². The Morgan fingerprint density at radius 3 is 2.81 bits per heavy atom. The van der Waals surface area contributed by atoms with Crippen LogP contribution in [0.4, 0.5) is 0 Å². The van der Waals surface area contributed by atoms with Gasteiger partial charge in [-0.1, -0.05) is 12.1 Å². The van der Waals surface area contributed by atoms with E-state index >= 15 is 0 Å². The normalized spacial score (nSPS) is 12.8. The van der Waals surface area contributed by atoms with Crippen LogP contribution in [0, 0.1) is 0 Å². The van der Waals surface area contributed by atoms with Crippen molar-refractivity contribution in [2.45, 2.75) is 0 Å². The Balaban J connectivity index is 1.98. The van der Waals surface area contributed by atoms with Crippen molar-refractivity contribution in [1.82, 2.24) is 9.66 Å². The number of ether oxygens (including phenoxy) is 2. The summed E-state index contributed by atoms with van der Waals surface area (Å²) in [6, 6.07) is 12.4. The number of aromatic nitrogens is 2. The van der Waals surface area contributed by atoms with Crippen LogP contribution in [0.5, 0.6) is 11.5 Å². The summed E-state index contributed by atoms with van der Waals surface area (Å²) in [6.07, 6.45) is 0. The van der Waals surface area contributed by atoms with Crippen LogP contribution in [0.25, 0.3) is 22.3 Å². The summed E-state index contributed by atoms with van der Waals surface area (Å²) < 4.78 is 11.7. The van der Waals surface area contributed by atoms with Crippen LogP contribution >= 0.6 is 0 Å². The predicted octanol–water partition coefficient (Wildman–Crippen LogP) is 1.51. The topological polar surface area (TPSA) is 79.4 Å². The summed E-state index contributed by atoms with van der Waals surface area (Å²) in [4.78, 5) is 16.8. The fourth-order valence-electron chi connectivity index (χ4n) is 2.39. The molecule has 0 fully saturated rings. The second-order valence-corrected chi connectivity index (χ2v) is 4.70. The molecule has 0 bridgehead atoms. The average Bonchev–Trinajstić information content (AvgIpc) is 2.98. The quantitative estimate of drug-likeness (QED) is 0.684. The molecule has 1 aromatic heterocycles. The molecule has 6 nitrogen and oxygen atoms in total. The third-order valence-corrected chi connectivity index (χ3v) is 3.44. The maximum Gasteiger partial charge on any atom is 0.280 e. The minimum atomic E-state index is -0.284. The van der Waals surface area contributed by atoms with Crippen LogP contribution in [-0.4, -0.2) is 16.5 Å². The molecule has 0 unspecified atom stereocenters. The summed E-state index contributed by atoms with van der Waals surface area (Å²) in [5.41, 5.74) is 1.02. The van der Waals surface area contributed by atoms with E-state index in [-0.39, 0.29) is 12.4 Å². The number of nitrogens with two attached hydrogens (primary N) is 1. The number of para-hydroxylation sites is 1. The Morgan fingerprint density at radius 2 is 1.90 bits per heavy atom. The molecule has 6 heteroatoms. The molecule has 1 aliphatic heterocycles. The zero-order valence-corrected chi connectivity index (χ0v) is 10.9. The SMILES string of the molecule is Nn1c(-c2ccc3c(c2)OCO3)nc2ccccc2c1=O. The smallest absolute Gasteiger partial charge is 0.280 e. The van der Waals surface area contributed by atoms with E-state index in [0.29, 0.717) is 33.8 Å². The summed E-state index contributed by atoms with van der Waals surface area (Å²) in [5, 5.41) is 0.490. The van der Waals surface area contributed by atoms with Crippen molar-refractivity contribution in [3.8, 4) is 22.9 Å². The third-order valence-electron chi connectivity index (χ3n) is 3.44. The standard InChI is InChI=1S/C15H11N3O3/c16-18-14(9-5-6-12-13(7-9)21-8-20-12)17-11-4-2-1-3-10(11)15(18)19/h1-7H,8,16H2. The predicted molar refractivity (Wildman–Crippen MR) is 77.7 cm³/mol. The number of benzene rings is 2. The van der Waals surface area contributed by atoms with Gasteiger partial charge in [-0.2, -0.15) is 0 Å². The van der Waals surface area contributed by atoms with Crippen LogP contribution in [0.15, 0.2) is 47.3 Å². The lowest BCUT2D eigenvalue weighted by molar-refractivity contribution is 0.174. The van der Waals surface area contributed by atoms with Crippen molar-refractivity contribution >= 4 is 10.9 Å². The highest BCUT2D eigenvalue weighted by atomic mass is 16.7. The number of nitrogens with zero attached hydrogens (tertiary/aromatic N) is 2. The van der Waals surface area contributed by atoms with Gasteiger partial charge in [0.15, 0.2) is 17.3 Å². The highest BCUT2D eigenvalue weighted by molar-refractivity contribution is 5.80. The molecular weight excluding hydrogens is 270 g/mol. The highest BCUT2D eigenvalue weighted by Crippen LogP contribution is 2.35. The Kier molecular flexibility index (Phi) is 2.38. The lowest BCUT2D eigenvalue weighted by Crippen LogP contribution is -2.29. The van der Waals surface area contributed by atoms with Crippen LogP contribution in [-0.2, 0) is 0 Å². The Bertz CT molecular complexity index is 918. The van der Waals surface area contributed by atoms with Gasteiger partial charge in [0, 0.05) is 5.56 Å². The Labute approximate surface area is 119 Å². The second-order valence-electron chi connectivity index (χ2n) is 4.70. The van der Waals surface area contributed by atoms with Crippen molar-refractivity contribution in [2.75, 3.05) is 12.6 Å².